The van der Waals surface area contributed by atoms with Gasteiger partial charge in [-0.2, -0.15) is 5.10 Å². The molecule has 5 nitrogen and oxygen atoms in total. The van der Waals surface area contributed by atoms with E-state index in [9.17, 15) is 0 Å². The second-order valence-corrected chi connectivity index (χ2v) is 6.43. The number of aromatic nitrogens is 4. The Morgan fingerprint density at radius 2 is 1.92 bits per heavy atom. The largest absolute Gasteiger partial charge is 0.339 e. The standard InChI is InChI=1S/C18H13Cl2N5/c1-11-5-6-14(8-16(11)20)25-18-15(9-23-25)17(21-10-22-18)24-13-4-2-3-12(19)7-13/h2-10H,1H3,(H,21,22,24). The Kier molecular flexibility index (Phi) is 4.03. The second kappa shape index (κ2) is 6.35. The molecule has 1 N–H and O–H groups in total. The Hall–Kier alpha value is -2.63. The van der Waals surface area contributed by atoms with Crippen LogP contribution in [0, 0.1) is 6.92 Å². The zero-order chi connectivity index (χ0) is 17.4. The molecule has 0 spiro atoms. The number of hydrogen-bond acceptors (Lipinski definition) is 4. The van der Waals surface area contributed by atoms with Crippen LogP contribution in [0.4, 0.5) is 11.5 Å². The van der Waals surface area contributed by atoms with Crippen LogP contribution >= 0.6 is 23.2 Å². The fourth-order valence-electron chi connectivity index (χ4n) is 2.55. The summed E-state index contributed by atoms with van der Waals surface area (Å²) < 4.78 is 1.74. The molecule has 0 saturated carbocycles. The van der Waals surface area contributed by atoms with E-state index in [0.29, 0.717) is 21.5 Å². The maximum absolute atomic E-state index is 6.24. The summed E-state index contributed by atoms with van der Waals surface area (Å²) in [6.07, 6.45) is 3.24. The highest BCUT2D eigenvalue weighted by Gasteiger charge is 2.12. The van der Waals surface area contributed by atoms with Crippen molar-refractivity contribution in [3.63, 3.8) is 0 Å². The molecule has 0 fully saturated rings. The molecular formula is C18H13Cl2N5. The zero-order valence-corrected chi connectivity index (χ0v) is 14.8. The maximum Gasteiger partial charge on any atom is 0.168 e. The van der Waals surface area contributed by atoms with Gasteiger partial charge in [-0.05, 0) is 42.8 Å². The molecule has 25 heavy (non-hydrogen) atoms. The number of nitrogens with one attached hydrogen (secondary N) is 1. The Labute approximate surface area is 154 Å². The molecule has 0 aliphatic heterocycles. The van der Waals surface area contributed by atoms with Crippen molar-refractivity contribution in [3.8, 4) is 5.69 Å². The van der Waals surface area contributed by atoms with Gasteiger partial charge in [0.1, 0.15) is 12.1 Å². The van der Waals surface area contributed by atoms with Crippen LogP contribution in [-0.2, 0) is 0 Å². The molecule has 4 aromatic rings. The lowest BCUT2D eigenvalue weighted by Gasteiger charge is -2.08. The third-order valence-electron chi connectivity index (χ3n) is 3.85. The first kappa shape index (κ1) is 15.9. The van der Waals surface area contributed by atoms with Crippen LogP contribution in [0.1, 0.15) is 5.56 Å². The van der Waals surface area contributed by atoms with Crippen molar-refractivity contribution in [3.05, 3.63) is 70.6 Å². The predicted molar refractivity (Wildman–Crippen MR) is 101 cm³/mol. The minimum atomic E-state index is 0.653. The van der Waals surface area contributed by atoms with Crippen molar-refractivity contribution in [2.45, 2.75) is 6.92 Å². The Morgan fingerprint density at radius 3 is 2.72 bits per heavy atom. The number of rotatable bonds is 3. The summed E-state index contributed by atoms with van der Waals surface area (Å²) in [4.78, 5) is 8.70. The number of nitrogens with zero attached hydrogens (tertiary/aromatic N) is 4. The second-order valence-electron chi connectivity index (χ2n) is 5.58. The van der Waals surface area contributed by atoms with E-state index in [1.54, 1.807) is 10.9 Å². The van der Waals surface area contributed by atoms with Gasteiger partial charge in [0, 0.05) is 15.7 Å². The minimum Gasteiger partial charge on any atom is -0.339 e. The van der Waals surface area contributed by atoms with E-state index in [-0.39, 0.29) is 0 Å². The topological polar surface area (TPSA) is 55.6 Å². The molecule has 4 rings (SSSR count). The van der Waals surface area contributed by atoms with Gasteiger partial charge in [-0.3, -0.25) is 0 Å². The van der Waals surface area contributed by atoms with Crippen LogP contribution in [0.5, 0.6) is 0 Å². The van der Waals surface area contributed by atoms with Crippen LogP contribution in [0.25, 0.3) is 16.7 Å². The fraction of sp³-hybridized carbons (Fsp3) is 0.0556. The molecule has 0 bridgehead atoms. The van der Waals surface area contributed by atoms with Gasteiger partial charge in [-0.15, -0.1) is 0 Å². The summed E-state index contributed by atoms with van der Waals surface area (Å²) in [6, 6.07) is 13.2. The van der Waals surface area contributed by atoms with Gasteiger partial charge in [0.15, 0.2) is 5.65 Å². The van der Waals surface area contributed by atoms with Crippen molar-refractivity contribution < 1.29 is 0 Å². The SMILES string of the molecule is Cc1ccc(-n2ncc3c(Nc4cccc(Cl)c4)ncnc32)cc1Cl. The normalized spacial score (nSPS) is 11.0. The smallest absolute Gasteiger partial charge is 0.168 e. The summed E-state index contributed by atoms with van der Waals surface area (Å²) in [5, 5.41) is 9.85. The van der Waals surface area contributed by atoms with Crippen molar-refractivity contribution in [1.29, 1.82) is 0 Å². The van der Waals surface area contributed by atoms with Gasteiger partial charge >= 0.3 is 0 Å². The molecule has 2 aromatic carbocycles. The summed E-state index contributed by atoms with van der Waals surface area (Å²) in [5.41, 5.74) is 3.40. The van der Waals surface area contributed by atoms with E-state index >= 15 is 0 Å². The van der Waals surface area contributed by atoms with Crippen LogP contribution in [-0.4, -0.2) is 19.7 Å². The van der Waals surface area contributed by atoms with Crippen molar-refractivity contribution in [2.24, 2.45) is 0 Å². The summed E-state index contributed by atoms with van der Waals surface area (Å²) in [7, 11) is 0. The molecular weight excluding hydrogens is 357 g/mol. The lowest BCUT2D eigenvalue weighted by atomic mass is 10.2. The quantitative estimate of drug-likeness (QED) is 0.540. The Morgan fingerprint density at radius 1 is 1.04 bits per heavy atom. The molecule has 2 aromatic heterocycles. The van der Waals surface area contributed by atoms with Gasteiger partial charge in [-0.1, -0.05) is 35.3 Å². The van der Waals surface area contributed by atoms with Gasteiger partial charge < -0.3 is 5.32 Å². The zero-order valence-electron chi connectivity index (χ0n) is 13.2. The number of anilines is 2. The highest BCUT2D eigenvalue weighted by atomic mass is 35.5. The number of hydrogen-bond donors (Lipinski definition) is 1. The van der Waals surface area contributed by atoms with Crippen LogP contribution in [0.15, 0.2) is 55.0 Å². The minimum absolute atomic E-state index is 0.653. The van der Waals surface area contributed by atoms with Crippen molar-refractivity contribution in [2.75, 3.05) is 5.32 Å². The number of aryl methyl sites for hydroxylation is 1. The van der Waals surface area contributed by atoms with Crippen molar-refractivity contribution >= 4 is 45.7 Å². The monoisotopic (exact) mass is 369 g/mol. The summed E-state index contributed by atoms with van der Waals surface area (Å²) in [5.74, 6) is 0.664. The van der Waals surface area contributed by atoms with Crippen molar-refractivity contribution in [1.82, 2.24) is 19.7 Å². The molecule has 2 heterocycles. The average molecular weight is 370 g/mol. The molecule has 0 saturated heterocycles. The third kappa shape index (κ3) is 3.04. The van der Waals surface area contributed by atoms with E-state index in [1.165, 1.54) is 6.33 Å². The molecule has 0 aliphatic rings. The molecule has 0 amide bonds. The van der Waals surface area contributed by atoms with Crippen LogP contribution in [0.2, 0.25) is 10.0 Å². The predicted octanol–water partition coefficient (Wildman–Crippen LogP) is 5.17. The average Bonchev–Trinajstić information content (AvgIpc) is 3.03. The lowest BCUT2D eigenvalue weighted by molar-refractivity contribution is 0.894. The highest BCUT2D eigenvalue weighted by molar-refractivity contribution is 6.31. The molecule has 0 atom stereocenters. The first-order chi connectivity index (χ1) is 12.1. The van der Waals surface area contributed by atoms with E-state index in [4.69, 9.17) is 23.2 Å². The molecule has 0 aliphatic carbocycles. The van der Waals surface area contributed by atoms with E-state index in [0.717, 1.165) is 22.3 Å². The first-order valence-corrected chi connectivity index (χ1v) is 8.35. The summed E-state index contributed by atoms with van der Waals surface area (Å²) in [6.45, 7) is 1.96. The first-order valence-electron chi connectivity index (χ1n) is 7.60. The van der Waals surface area contributed by atoms with E-state index in [1.807, 2.05) is 49.4 Å². The Balaban J connectivity index is 1.79. The highest BCUT2D eigenvalue weighted by Crippen LogP contribution is 2.27. The molecule has 7 heteroatoms. The maximum atomic E-state index is 6.24. The van der Waals surface area contributed by atoms with Crippen LogP contribution in [0.3, 0.4) is 0 Å². The summed E-state index contributed by atoms with van der Waals surface area (Å²) >= 11 is 12.3. The van der Waals surface area contributed by atoms with Gasteiger partial charge in [0.2, 0.25) is 0 Å². The van der Waals surface area contributed by atoms with E-state index < -0.39 is 0 Å². The third-order valence-corrected chi connectivity index (χ3v) is 4.50. The fourth-order valence-corrected chi connectivity index (χ4v) is 2.91. The Bertz CT molecular complexity index is 1070. The van der Waals surface area contributed by atoms with Gasteiger partial charge in [0.25, 0.3) is 0 Å². The van der Waals surface area contributed by atoms with Gasteiger partial charge in [-0.25, -0.2) is 14.6 Å². The molecule has 124 valence electrons. The van der Waals surface area contributed by atoms with Gasteiger partial charge in [0.05, 0.1) is 17.3 Å². The number of halogens is 2. The van der Waals surface area contributed by atoms with Crippen LogP contribution < -0.4 is 5.32 Å². The van der Waals surface area contributed by atoms with E-state index in [2.05, 4.69) is 20.4 Å². The molecule has 0 radical (unpaired) electrons. The molecule has 0 unspecified atom stereocenters. The number of fused-ring (bicyclic) bond motifs is 1. The lowest BCUT2D eigenvalue weighted by Crippen LogP contribution is -2.00. The number of benzene rings is 2.